The number of ether oxygens (including phenoxy) is 1. The van der Waals surface area contributed by atoms with Crippen LogP contribution >= 0.6 is 11.3 Å². The van der Waals surface area contributed by atoms with E-state index in [2.05, 4.69) is 10.0 Å². The fraction of sp³-hybridized carbons (Fsp3) is 0.227. The van der Waals surface area contributed by atoms with Crippen molar-refractivity contribution >= 4 is 33.0 Å². The predicted molar refractivity (Wildman–Crippen MR) is 120 cm³/mol. The highest BCUT2D eigenvalue weighted by Crippen LogP contribution is 2.24. The van der Waals surface area contributed by atoms with Crippen molar-refractivity contribution in [3.63, 3.8) is 0 Å². The van der Waals surface area contributed by atoms with E-state index in [1.807, 2.05) is 36.6 Å². The van der Waals surface area contributed by atoms with Gasteiger partial charge in [0.1, 0.15) is 5.75 Å². The van der Waals surface area contributed by atoms with E-state index in [4.69, 9.17) is 4.74 Å². The summed E-state index contributed by atoms with van der Waals surface area (Å²) in [6, 6.07) is 17.0. The maximum absolute atomic E-state index is 12.6. The summed E-state index contributed by atoms with van der Waals surface area (Å²) in [4.78, 5) is 13.8. The molecule has 0 saturated carbocycles. The van der Waals surface area contributed by atoms with Gasteiger partial charge in [0.15, 0.2) is 0 Å². The van der Waals surface area contributed by atoms with E-state index in [0.717, 1.165) is 11.3 Å². The van der Waals surface area contributed by atoms with Crippen LogP contribution in [0.15, 0.2) is 70.9 Å². The van der Waals surface area contributed by atoms with Crippen LogP contribution in [0.25, 0.3) is 0 Å². The largest absolute Gasteiger partial charge is 0.491 e. The molecule has 0 fully saturated rings. The number of sulfonamides is 1. The van der Waals surface area contributed by atoms with Crippen LogP contribution < -0.4 is 14.8 Å². The molecule has 6 nitrogen and oxygen atoms in total. The van der Waals surface area contributed by atoms with Crippen molar-refractivity contribution in [3.05, 3.63) is 76.5 Å². The normalized spacial score (nSPS) is 11.2. The smallest absolute Gasteiger partial charge is 0.255 e. The van der Waals surface area contributed by atoms with Gasteiger partial charge in [-0.15, -0.1) is 11.3 Å². The summed E-state index contributed by atoms with van der Waals surface area (Å²) < 4.78 is 33.1. The van der Waals surface area contributed by atoms with Crippen molar-refractivity contribution in [2.24, 2.45) is 0 Å². The number of benzene rings is 2. The first-order valence-electron chi connectivity index (χ1n) is 9.65. The Morgan fingerprint density at radius 1 is 1.03 bits per heavy atom. The monoisotopic (exact) mass is 444 g/mol. The van der Waals surface area contributed by atoms with Crippen molar-refractivity contribution in [2.75, 3.05) is 18.5 Å². The second kappa shape index (κ2) is 10.4. The van der Waals surface area contributed by atoms with E-state index in [1.54, 1.807) is 23.5 Å². The Balaban J connectivity index is 1.62. The average Bonchev–Trinajstić information content (AvgIpc) is 3.26. The van der Waals surface area contributed by atoms with Crippen LogP contribution in [-0.4, -0.2) is 27.5 Å². The molecule has 2 aromatic carbocycles. The molecule has 0 aliphatic rings. The highest BCUT2D eigenvalue weighted by molar-refractivity contribution is 7.89. The van der Waals surface area contributed by atoms with Gasteiger partial charge in [-0.25, -0.2) is 13.1 Å². The summed E-state index contributed by atoms with van der Waals surface area (Å²) in [6.07, 6.45) is 1.50. The lowest BCUT2D eigenvalue weighted by Gasteiger charge is -2.12. The number of rotatable bonds is 10. The van der Waals surface area contributed by atoms with Gasteiger partial charge in [0.05, 0.1) is 17.2 Å². The molecule has 1 heterocycles. The van der Waals surface area contributed by atoms with Crippen molar-refractivity contribution in [1.82, 2.24) is 4.72 Å². The first-order valence-corrected chi connectivity index (χ1v) is 12.0. The van der Waals surface area contributed by atoms with E-state index in [1.165, 1.54) is 24.3 Å². The summed E-state index contributed by atoms with van der Waals surface area (Å²) in [5.74, 6) is 0.263. The van der Waals surface area contributed by atoms with Gasteiger partial charge in [0, 0.05) is 17.0 Å². The topological polar surface area (TPSA) is 84.5 Å². The number of thiophene rings is 1. The zero-order valence-corrected chi connectivity index (χ0v) is 18.3. The lowest BCUT2D eigenvalue weighted by molar-refractivity contribution is 0.102. The van der Waals surface area contributed by atoms with Gasteiger partial charge >= 0.3 is 0 Å². The first-order chi connectivity index (χ1) is 14.5. The van der Waals surface area contributed by atoms with Crippen molar-refractivity contribution < 1.29 is 17.9 Å². The molecular weight excluding hydrogens is 420 g/mol. The molecule has 158 valence electrons. The van der Waals surface area contributed by atoms with Gasteiger partial charge in [0.2, 0.25) is 10.0 Å². The van der Waals surface area contributed by atoms with Crippen molar-refractivity contribution in [2.45, 2.75) is 24.7 Å². The summed E-state index contributed by atoms with van der Waals surface area (Å²) in [7, 11) is -3.63. The molecule has 0 aliphatic carbocycles. The number of carbonyl (C=O) groups is 1. The van der Waals surface area contributed by atoms with Gasteiger partial charge in [-0.05, 0) is 60.7 Å². The summed E-state index contributed by atoms with van der Waals surface area (Å²) >= 11 is 1.59. The number of para-hydroxylation sites is 2. The molecule has 0 bridgehead atoms. The molecule has 1 aromatic heterocycles. The minimum absolute atomic E-state index is 0.122. The van der Waals surface area contributed by atoms with E-state index >= 15 is 0 Å². The number of anilines is 1. The number of carbonyl (C=O) groups excluding carboxylic acids is 1. The third-order valence-corrected chi connectivity index (χ3v) is 6.68. The Kier molecular flexibility index (Phi) is 7.62. The minimum atomic E-state index is -3.63. The van der Waals surface area contributed by atoms with E-state index in [0.29, 0.717) is 36.6 Å². The summed E-state index contributed by atoms with van der Waals surface area (Å²) in [5, 5.41) is 4.78. The quantitative estimate of drug-likeness (QED) is 0.488. The van der Waals surface area contributed by atoms with Crippen LogP contribution in [0.2, 0.25) is 0 Å². The van der Waals surface area contributed by atoms with Gasteiger partial charge < -0.3 is 10.1 Å². The Bertz CT molecular complexity index is 1060. The zero-order valence-electron chi connectivity index (χ0n) is 16.6. The number of nitrogens with one attached hydrogen (secondary N) is 2. The van der Waals surface area contributed by atoms with E-state index in [9.17, 15) is 13.2 Å². The third-order valence-electron chi connectivity index (χ3n) is 4.27. The predicted octanol–water partition coefficient (Wildman–Crippen LogP) is 4.31. The second-order valence-corrected chi connectivity index (χ2v) is 9.35. The molecule has 1 amide bonds. The van der Waals surface area contributed by atoms with Gasteiger partial charge in [-0.3, -0.25) is 4.79 Å². The van der Waals surface area contributed by atoms with E-state index < -0.39 is 10.0 Å². The zero-order chi connectivity index (χ0) is 21.4. The number of amides is 1. The lowest BCUT2D eigenvalue weighted by Crippen LogP contribution is -2.26. The third kappa shape index (κ3) is 5.91. The Morgan fingerprint density at radius 2 is 1.80 bits per heavy atom. The highest BCUT2D eigenvalue weighted by atomic mass is 32.2. The SMILES string of the molecule is CCCOc1ccccc1NC(=O)c1ccc(S(=O)(=O)NCCc2cccs2)cc1. The molecular formula is C22H24N2O4S2. The number of hydrogen-bond donors (Lipinski definition) is 2. The van der Waals surface area contributed by atoms with Crippen LogP contribution in [0.4, 0.5) is 5.69 Å². The van der Waals surface area contributed by atoms with Crippen molar-refractivity contribution in [1.29, 1.82) is 0 Å². The molecule has 3 aromatic rings. The summed E-state index contributed by atoms with van der Waals surface area (Å²) in [6.45, 7) is 2.88. The van der Waals surface area contributed by atoms with Crippen LogP contribution in [0, 0.1) is 0 Å². The standard InChI is InChI=1S/C22H24N2O4S2/c1-2-15-28-21-8-4-3-7-20(21)24-22(25)17-9-11-19(12-10-17)30(26,27)23-14-13-18-6-5-16-29-18/h3-12,16,23H,2,13-15H2,1H3,(H,24,25). The average molecular weight is 445 g/mol. The second-order valence-electron chi connectivity index (χ2n) is 6.55. The van der Waals surface area contributed by atoms with Crippen LogP contribution in [0.1, 0.15) is 28.6 Å². The van der Waals surface area contributed by atoms with Gasteiger partial charge in [-0.2, -0.15) is 0 Å². The summed E-state index contributed by atoms with van der Waals surface area (Å²) in [5.41, 5.74) is 0.931. The molecule has 2 N–H and O–H groups in total. The van der Waals surface area contributed by atoms with Crippen LogP contribution in [-0.2, 0) is 16.4 Å². The Labute approximate surface area is 181 Å². The maximum Gasteiger partial charge on any atom is 0.255 e. The van der Waals surface area contributed by atoms with Crippen molar-refractivity contribution in [3.8, 4) is 5.75 Å². The Morgan fingerprint density at radius 3 is 2.50 bits per heavy atom. The molecule has 0 atom stereocenters. The fourth-order valence-corrected chi connectivity index (χ4v) is 4.48. The highest BCUT2D eigenvalue weighted by Gasteiger charge is 2.15. The lowest BCUT2D eigenvalue weighted by atomic mass is 10.2. The molecule has 3 rings (SSSR count). The van der Waals surface area contributed by atoms with Crippen LogP contribution in [0.3, 0.4) is 0 Å². The molecule has 0 unspecified atom stereocenters. The fourth-order valence-electron chi connectivity index (χ4n) is 2.73. The van der Waals surface area contributed by atoms with Gasteiger partial charge in [-0.1, -0.05) is 25.1 Å². The molecule has 0 radical (unpaired) electrons. The molecule has 8 heteroatoms. The molecule has 0 spiro atoms. The van der Waals surface area contributed by atoms with E-state index in [-0.39, 0.29) is 10.8 Å². The number of hydrogen-bond acceptors (Lipinski definition) is 5. The molecule has 0 saturated heterocycles. The maximum atomic E-state index is 12.6. The minimum Gasteiger partial charge on any atom is -0.491 e. The van der Waals surface area contributed by atoms with Crippen LogP contribution in [0.5, 0.6) is 5.75 Å². The molecule has 30 heavy (non-hydrogen) atoms. The molecule has 0 aliphatic heterocycles. The van der Waals surface area contributed by atoms with Gasteiger partial charge in [0.25, 0.3) is 5.91 Å². The Hall–Kier alpha value is -2.68. The first kappa shape index (κ1) is 22.0.